The largest absolute Gasteiger partial charge is 0.360 e. The molecule has 0 saturated heterocycles. The second kappa shape index (κ2) is 9.32. The Morgan fingerprint density at radius 3 is 2.25 bits per heavy atom. The molecule has 0 N–H and O–H groups in total. The van der Waals surface area contributed by atoms with Crippen LogP contribution in [0.15, 0.2) is 39.9 Å². The van der Waals surface area contributed by atoms with Crippen molar-refractivity contribution in [3.63, 3.8) is 0 Å². The number of hydrogen-bond acceptors (Lipinski definition) is 6. The Kier molecular flexibility index (Phi) is 7.11. The number of nitro benzene ring substituents is 1. The lowest BCUT2D eigenvalue weighted by atomic mass is 10.1. The van der Waals surface area contributed by atoms with E-state index in [1.54, 1.807) is 19.2 Å². The summed E-state index contributed by atoms with van der Waals surface area (Å²) in [5, 5.41) is 10.7. The van der Waals surface area contributed by atoms with E-state index in [2.05, 4.69) is 4.90 Å². The molecular formula is C19H27N5O4. The summed E-state index contributed by atoms with van der Waals surface area (Å²) in [6, 6.07) is 8.12. The maximum absolute atomic E-state index is 12.0. The highest BCUT2D eigenvalue weighted by Gasteiger charge is 2.11. The second-order valence-corrected chi connectivity index (χ2v) is 6.99. The zero-order chi connectivity index (χ0) is 20.8. The van der Waals surface area contributed by atoms with Gasteiger partial charge in [-0.2, -0.15) is 0 Å². The minimum Gasteiger partial charge on any atom is -0.360 e. The fraction of sp³-hybridized carbons (Fsp3) is 0.474. The Morgan fingerprint density at radius 1 is 1.00 bits per heavy atom. The van der Waals surface area contributed by atoms with Gasteiger partial charge in [0.25, 0.3) is 11.2 Å². The number of nitrogens with zero attached hydrogens (tertiary/aromatic N) is 5. The summed E-state index contributed by atoms with van der Waals surface area (Å²) in [5.74, 6) is 0.590. The highest BCUT2D eigenvalue weighted by atomic mass is 16.6. The smallest absolute Gasteiger partial charge is 0.332 e. The molecule has 0 aliphatic rings. The molecule has 1 aromatic carbocycles. The van der Waals surface area contributed by atoms with Crippen molar-refractivity contribution in [1.29, 1.82) is 0 Å². The predicted molar refractivity (Wildman–Crippen MR) is 109 cm³/mol. The van der Waals surface area contributed by atoms with Gasteiger partial charge in [0.05, 0.1) is 4.92 Å². The summed E-state index contributed by atoms with van der Waals surface area (Å²) in [6.07, 6.45) is 1.78. The van der Waals surface area contributed by atoms with Crippen LogP contribution >= 0.6 is 0 Å². The minimum absolute atomic E-state index is 0.106. The molecule has 28 heavy (non-hydrogen) atoms. The van der Waals surface area contributed by atoms with Crippen LogP contribution < -0.4 is 16.1 Å². The summed E-state index contributed by atoms with van der Waals surface area (Å²) >= 11 is 0. The number of aromatic nitrogens is 2. The van der Waals surface area contributed by atoms with Crippen molar-refractivity contribution < 1.29 is 4.92 Å². The van der Waals surface area contributed by atoms with E-state index in [-0.39, 0.29) is 16.9 Å². The summed E-state index contributed by atoms with van der Waals surface area (Å²) in [4.78, 5) is 38.3. The Morgan fingerprint density at radius 2 is 1.64 bits per heavy atom. The first-order valence-electron chi connectivity index (χ1n) is 9.10. The van der Waals surface area contributed by atoms with Crippen LogP contribution in [0.25, 0.3) is 0 Å². The third-order valence-electron chi connectivity index (χ3n) is 4.86. The third-order valence-corrected chi connectivity index (χ3v) is 4.86. The van der Waals surface area contributed by atoms with Crippen molar-refractivity contribution >= 4 is 11.5 Å². The molecule has 0 aliphatic heterocycles. The van der Waals surface area contributed by atoms with Crippen LogP contribution in [-0.4, -0.2) is 52.7 Å². The Labute approximate surface area is 163 Å². The number of likely N-dealkylation sites (N-methyl/N-ethyl adjacent to an activating group) is 2. The summed E-state index contributed by atoms with van der Waals surface area (Å²) in [5.41, 5.74) is 0.521. The maximum atomic E-state index is 12.0. The molecule has 9 nitrogen and oxygen atoms in total. The molecule has 0 amide bonds. The quantitative estimate of drug-likeness (QED) is 0.469. The van der Waals surface area contributed by atoms with Crippen LogP contribution in [0.1, 0.15) is 12.0 Å². The molecule has 2 aromatic rings. The number of nitro groups is 1. The van der Waals surface area contributed by atoms with E-state index in [0.29, 0.717) is 12.4 Å². The number of anilines is 1. The number of aryl methyl sites for hydroxylation is 1. The summed E-state index contributed by atoms with van der Waals surface area (Å²) in [6.45, 7) is 2.33. The van der Waals surface area contributed by atoms with Crippen LogP contribution in [0.4, 0.5) is 11.5 Å². The Hall–Kier alpha value is -2.94. The maximum Gasteiger partial charge on any atom is 0.332 e. The van der Waals surface area contributed by atoms with Gasteiger partial charge in [0.1, 0.15) is 5.82 Å². The van der Waals surface area contributed by atoms with Gasteiger partial charge in [0.15, 0.2) is 0 Å². The molecule has 0 radical (unpaired) electrons. The zero-order valence-electron chi connectivity index (χ0n) is 16.8. The molecule has 0 fully saturated rings. The average molecular weight is 389 g/mol. The van der Waals surface area contributed by atoms with Gasteiger partial charge in [0.2, 0.25) is 0 Å². The Balaban J connectivity index is 1.82. The van der Waals surface area contributed by atoms with Crippen LogP contribution in [0.5, 0.6) is 0 Å². The van der Waals surface area contributed by atoms with E-state index in [9.17, 15) is 19.7 Å². The van der Waals surface area contributed by atoms with Gasteiger partial charge in [-0.05, 0) is 32.0 Å². The average Bonchev–Trinajstić information content (AvgIpc) is 2.67. The van der Waals surface area contributed by atoms with Gasteiger partial charge < -0.3 is 9.80 Å². The van der Waals surface area contributed by atoms with E-state index < -0.39 is 4.92 Å². The monoisotopic (exact) mass is 389 g/mol. The molecule has 0 aliphatic carbocycles. The lowest BCUT2D eigenvalue weighted by Crippen LogP contribution is -2.41. The molecule has 1 heterocycles. The second-order valence-electron chi connectivity index (χ2n) is 6.99. The molecule has 0 bridgehead atoms. The van der Waals surface area contributed by atoms with Crippen molar-refractivity contribution in [2.45, 2.75) is 12.8 Å². The highest BCUT2D eigenvalue weighted by Crippen LogP contribution is 2.13. The number of hydrogen-bond donors (Lipinski definition) is 0. The molecule has 2 rings (SSSR count). The third kappa shape index (κ3) is 5.29. The van der Waals surface area contributed by atoms with Crippen molar-refractivity contribution in [2.24, 2.45) is 14.1 Å². The van der Waals surface area contributed by atoms with Crippen LogP contribution in [0.2, 0.25) is 0 Å². The van der Waals surface area contributed by atoms with Crippen molar-refractivity contribution in [3.05, 3.63) is 66.8 Å². The first kappa shape index (κ1) is 21.4. The van der Waals surface area contributed by atoms with Crippen molar-refractivity contribution in [1.82, 2.24) is 14.0 Å². The lowest BCUT2D eigenvalue weighted by Gasteiger charge is -2.25. The van der Waals surface area contributed by atoms with Gasteiger partial charge >= 0.3 is 5.69 Å². The van der Waals surface area contributed by atoms with Crippen molar-refractivity contribution in [2.75, 3.05) is 38.6 Å². The fourth-order valence-electron chi connectivity index (χ4n) is 2.97. The molecule has 0 unspecified atom stereocenters. The normalized spacial score (nSPS) is 11.0. The fourth-order valence-corrected chi connectivity index (χ4v) is 2.97. The van der Waals surface area contributed by atoms with E-state index in [1.807, 2.05) is 19.0 Å². The van der Waals surface area contributed by atoms with Crippen LogP contribution in [-0.2, 0) is 20.5 Å². The first-order chi connectivity index (χ1) is 13.2. The highest BCUT2D eigenvalue weighted by molar-refractivity contribution is 5.37. The molecule has 0 spiro atoms. The van der Waals surface area contributed by atoms with E-state index in [0.717, 1.165) is 36.1 Å². The van der Waals surface area contributed by atoms with E-state index in [4.69, 9.17) is 0 Å². The SMILES string of the molecule is CN(CCCc1ccc([N+](=O)[O-])cc1)CCN(C)c1cc(=O)n(C)c(=O)n1C. The number of non-ortho nitro benzene ring substituents is 1. The van der Waals surface area contributed by atoms with Gasteiger partial charge in [-0.25, -0.2) is 4.79 Å². The summed E-state index contributed by atoms with van der Waals surface area (Å²) in [7, 11) is 7.00. The van der Waals surface area contributed by atoms with Crippen molar-refractivity contribution in [3.8, 4) is 0 Å². The predicted octanol–water partition coefficient (Wildman–Crippen LogP) is 0.993. The number of rotatable bonds is 9. The standard InChI is InChI=1S/C19H27N5O4/c1-20(11-5-6-15-7-9-16(10-8-15)24(27)28)12-13-21(2)17-14-18(25)23(4)19(26)22(17)3/h7-10,14H,5-6,11-13H2,1-4H3. The molecule has 9 heteroatoms. The Bertz CT molecular complexity index is 933. The molecule has 0 saturated carbocycles. The van der Waals surface area contributed by atoms with E-state index >= 15 is 0 Å². The van der Waals surface area contributed by atoms with Gasteiger partial charge in [-0.15, -0.1) is 0 Å². The molecule has 1 aromatic heterocycles. The zero-order valence-corrected chi connectivity index (χ0v) is 16.8. The van der Waals surface area contributed by atoms with E-state index in [1.165, 1.54) is 29.8 Å². The molecular weight excluding hydrogens is 362 g/mol. The van der Waals surface area contributed by atoms with Gasteiger partial charge in [0, 0.05) is 52.4 Å². The molecule has 152 valence electrons. The minimum atomic E-state index is -0.396. The number of benzene rings is 1. The molecule has 0 atom stereocenters. The van der Waals surface area contributed by atoms with Gasteiger partial charge in [-0.3, -0.25) is 24.0 Å². The summed E-state index contributed by atoms with van der Waals surface area (Å²) < 4.78 is 2.55. The van der Waals surface area contributed by atoms with Crippen LogP contribution in [0, 0.1) is 10.1 Å². The topological polar surface area (TPSA) is 93.6 Å². The lowest BCUT2D eigenvalue weighted by molar-refractivity contribution is -0.384. The van der Waals surface area contributed by atoms with Gasteiger partial charge in [-0.1, -0.05) is 12.1 Å². The van der Waals surface area contributed by atoms with Crippen LogP contribution in [0.3, 0.4) is 0 Å². The first-order valence-corrected chi connectivity index (χ1v) is 9.10.